The molecular weight excluding hydrogens is 364 g/mol. The van der Waals surface area contributed by atoms with Crippen LogP contribution in [0, 0.1) is 6.92 Å². The highest BCUT2D eigenvalue weighted by Gasteiger charge is 2.11. The second-order valence-corrected chi connectivity index (χ2v) is 6.71. The average molecular weight is 384 g/mol. The summed E-state index contributed by atoms with van der Waals surface area (Å²) in [5.41, 5.74) is 4.89. The number of methoxy groups -OCH3 is 1. The van der Waals surface area contributed by atoms with E-state index < -0.39 is 0 Å². The summed E-state index contributed by atoms with van der Waals surface area (Å²) in [5, 5.41) is 7.10. The van der Waals surface area contributed by atoms with Crippen LogP contribution in [0.25, 0.3) is 22.6 Å². The van der Waals surface area contributed by atoms with Crippen LogP contribution in [0.15, 0.2) is 83.4 Å². The predicted octanol–water partition coefficient (Wildman–Crippen LogP) is 5.58. The smallest absolute Gasteiger partial charge is 0.255 e. The molecule has 0 aliphatic carbocycles. The number of hydrogen-bond acceptors (Lipinski definition) is 4. The van der Waals surface area contributed by atoms with E-state index >= 15 is 0 Å². The zero-order valence-electron chi connectivity index (χ0n) is 16.2. The molecule has 0 aliphatic heterocycles. The van der Waals surface area contributed by atoms with Gasteiger partial charge < -0.3 is 14.6 Å². The van der Waals surface area contributed by atoms with Gasteiger partial charge in [-0.15, -0.1) is 0 Å². The average Bonchev–Trinajstić information content (AvgIpc) is 3.25. The van der Waals surface area contributed by atoms with Gasteiger partial charge in [0.1, 0.15) is 11.4 Å². The molecule has 4 aromatic rings. The van der Waals surface area contributed by atoms with E-state index in [4.69, 9.17) is 9.26 Å². The lowest BCUT2D eigenvalue weighted by atomic mass is 10.1. The molecule has 1 amide bonds. The largest absolute Gasteiger partial charge is 0.497 e. The van der Waals surface area contributed by atoms with Gasteiger partial charge in [-0.2, -0.15) is 0 Å². The maximum Gasteiger partial charge on any atom is 0.255 e. The molecule has 0 radical (unpaired) electrons. The van der Waals surface area contributed by atoms with Crippen LogP contribution in [0.3, 0.4) is 0 Å². The van der Waals surface area contributed by atoms with Gasteiger partial charge in [0.25, 0.3) is 5.91 Å². The fourth-order valence-corrected chi connectivity index (χ4v) is 2.97. The lowest BCUT2D eigenvalue weighted by Crippen LogP contribution is -2.11. The Balaban J connectivity index is 1.53. The SMILES string of the molecule is COc1ccc(-c2cc(-c3cccc(NC(=O)c4ccc(C)cc4)c3)no2)cc1. The van der Waals surface area contributed by atoms with E-state index in [0.717, 1.165) is 22.4 Å². The van der Waals surface area contributed by atoms with Gasteiger partial charge in [0.15, 0.2) is 5.76 Å². The molecule has 0 saturated heterocycles. The van der Waals surface area contributed by atoms with E-state index in [1.807, 2.05) is 85.8 Å². The van der Waals surface area contributed by atoms with Crippen molar-refractivity contribution in [2.75, 3.05) is 12.4 Å². The lowest BCUT2D eigenvalue weighted by Gasteiger charge is -2.07. The van der Waals surface area contributed by atoms with Crippen molar-refractivity contribution in [1.29, 1.82) is 0 Å². The molecule has 4 rings (SSSR count). The molecule has 1 heterocycles. The molecule has 144 valence electrons. The third-order valence-corrected chi connectivity index (χ3v) is 4.61. The first-order chi connectivity index (χ1) is 14.1. The fraction of sp³-hybridized carbons (Fsp3) is 0.0833. The van der Waals surface area contributed by atoms with Crippen molar-refractivity contribution in [2.45, 2.75) is 6.92 Å². The number of nitrogens with zero attached hydrogens (tertiary/aromatic N) is 1. The van der Waals surface area contributed by atoms with E-state index in [1.165, 1.54) is 0 Å². The van der Waals surface area contributed by atoms with E-state index in [0.29, 0.717) is 22.7 Å². The maximum absolute atomic E-state index is 12.5. The Kier molecular flexibility index (Phi) is 5.12. The van der Waals surface area contributed by atoms with Crippen molar-refractivity contribution < 1.29 is 14.1 Å². The molecule has 0 saturated carbocycles. The quantitative estimate of drug-likeness (QED) is 0.488. The number of anilines is 1. The Morgan fingerprint density at radius 2 is 1.69 bits per heavy atom. The summed E-state index contributed by atoms with van der Waals surface area (Å²) in [7, 11) is 1.63. The number of hydrogen-bond donors (Lipinski definition) is 1. The molecule has 1 N–H and O–H groups in total. The van der Waals surface area contributed by atoms with Crippen LogP contribution in [0.5, 0.6) is 5.75 Å². The summed E-state index contributed by atoms with van der Waals surface area (Å²) >= 11 is 0. The molecule has 5 nitrogen and oxygen atoms in total. The second kappa shape index (κ2) is 8.02. The third-order valence-electron chi connectivity index (χ3n) is 4.61. The molecule has 1 aromatic heterocycles. The number of aryl methyl sites for hydroxylation is 1. The topological polar surface area (TPSA) is 64.4 Å². The summed E-state index contributed by atoms with van der Waals surface area (Å²) < 4.78 is 10.7. The highest BCUT2D eigenvalue weighted by molar-refractivity contribution is 6.04. The van der Waals surface area contributed by atoms with Crippen molar-refractivity contribution in [3.63, 3.8) is 0 Å². The summed E-state index contributed by atoms with van der Waals surface area (Å²) in [5.74, 6) is 1.29. The summed E-state index contributed by atoms with van der Waals surface area (Å²) in [6, 6.07) is 24.5. The molecular formula is C24H20N2O3. The number of nitrogens with one attached hydrogen (secondary N) is 1. The first kappa shape index (κ1) is 18.5. The second-order valence-electron chi connectivity index (χ2n) is 6.71. The fourth-order valence-electron chi connectivity index (χ4n) is 2.97. The van der Waals surface area contributed by atoms with Crippen LogP contribution in [0.4, 0.5) is 5.69 Å². The van der Waals surface area contributed by atoms with E-state index in [1.54, 1.807) is 7.11 Å². The van der Waals surface area contributed by atoms with E-state index in [9.17, 15) is 4.79 Å². The molecule has 0 spiro atoms. The molecule has 0 unspecified atom stereocenters. The van der Waals surface area contributed by atoms with Crippen LogP contribution >= 0.6 is 0 Å². The number of carbonyl (C=O) groups excluding carboxylic acids is 1. The van der Waals surface area contributed by atoms with Crippen LogP contribution in [0.2, 0.25) is 0 Å². The number of ether oxygens (including phenoxy) is 1. The number of amides is 1. The van der Waals surface area contributed by atoms with Gasteiger partial charge in [-0.1, -0.05) is 35.0 Å². The van der Waals surface area contributed by atoms with Crippen molar-refractivity contribution in [3.8, 4) is 28.3 Å². The predicted molar refractivity (Wildman–Crippen MR) is 113 cm³/mol. The van der Waals surface area contributed by atoms with E-state index in [-0.39, 0.29) is 5.91 Å². The molecule has 29 heavy (non-hydrogen) atoms. The van der Waals surface area contributed by atoms with Crippen molar-refractivity contribution in [3.05, 3.63) is 90.0 Å². The van der Waals surface area contributed by atoms with Gasteiger partial charge in [-0.3, -0.25) is 4.79 Å². The molecule has 5 heteroatoms. The Morgan fingerprint density at radius 3 is 2.41 bits per heavy atom. The number of carbonyl (C=O) groups is 1. The van der Waals surface area contributed by atoms with Gasteiger partial charge in [0.05, 0.1) is 7.11 Å². The summed E-state index contributed by atoms with van der Waals surface area (Å²) in [4.78, 5) is 12.5. The van der Waals surface area contributed by atoms with Gasteiger partial charge in [-0.25, -0.2) is 0 Å². The first-order valence-electron chi connectivity index (χ1n) is 9.22. The lowest BCUT2D eigenvalue weighted by molar-refractivity contribution is 0.102. The number of benzene rings is 3. The molecule has 0 atom stereocenters. The maximum atomic E-state index is 12.5. The van der Waals surface area contributed by atoms with Gasteiger partial charge in [0, 0.05) is 28.4 Å². The number of rotatable bonds is 5. The summed E-state index contributed by atoms with van der Waals surface area (Å²) in [6.45, 7) is 1.99. The van der Waals surface area contributed by atoms with Crippen LogP contribution < -0.4 is 10.1 Å². The normalized spacial score (nSPS) is 10.6. The minimum Gasteiger partial charge on any atom is -0.497 e. The van der Waals surface area contributed by atoms with E-state index in [2.05, 4.69) is 10.5 Å². The standard InChI is InChI=1S/C24H20N2O3/c1-16-6-8-18(9-7-16)24(27)25-20-5-3-4-19(14-20)22-15-23(29-26-22)17-10-12-21(28-2)13-11-17/h3-15H,1-2H3,(H,25,27). The Bertz CT molecular complexity index is 1130. The number of aromatic nitrogens is 1. The minimum absolute atomic E-state index is 0.152. The van der Waals surface area contributed by atoms with Gasteiger partial charge >= 0.3 is 0 Å². The van der Waals surface area contributed by atoms with Gasteiger partial charge in [-0.05, 0) is 55.5 Å². The van der Waals surface area contributed by atoms with Crippen molar-refractivity contribution in [1.82, 2.24) is 5.16 Å². The monoisotopic (exact) mass is 384 g/mol. The highest BCUT2D eigenvalue weighted by Crippen LogP contribution is 2.28. The first-order valence-corrected chi connectivity index (χ1v) is 9.22. The highest BCUT2D eigenvalue weighted by atomic mass is 16.5. The Labute approximate surface area is 168 Å². The van der Waals surface area contributed by atoms with Crippen molar-refractivity contribution >= 4 is 11.6 Å². The zero-order chi connectivity index (χ0) is 20.2. The van der Waals surface area contributed by atoms with Crippen LogP contribution in [-0.2, 0) is 0 Å². The summed E-state index contributed by atoms with van der Waals surface area (Å²) in [6.07, 6.45) is 0. The van der Waals surface area contributed by atoms with Crippen molar-refractivity contribution in [2.24, 2.45) is 0 Å². The molecule has 0 fully saturated rings. The zero-order valence-corrected chi connectivity index (χ0v) is 16.2. The third kappa shape index (κ3) is 4.19. The Hall–Kier alpha value is -3.86. The molecule has 0 bridgehead atoms. The van der Waals surface area contributed by atoms with Gasteiger partial charge in [0.2, 0.25) is 0 Å². The Morgan fingerprint density at radius 1 is 0.931 bits per heavy atom. The van der Waals surface area contributed by atoms with Crippen LogP contribution in [-0.4, -0.2) is 18.2 Å². The van der Waals surface area contributed by atoms with Crippen LogP contribution in [0.1, 0.15) is 15.9 Å². The minimum atomic E-state index is -0.152. The molecule has 3 aromatic carbocycles. The molecule has 0 aliphatic rings.